The van der Waals surface area contributed by atoms with E-state index in [9.17, 15) is 0 Å². The molecule has 0 aromatic carbocycles. The summed E-state index contributed by atoms with van der Waals surface area (Å²) in [6, 6.07) is 0. The first kappa shape index (κ1) is 14.9. The third-order valence-corrected chi connectivity index (χ3v) is 3.11. The summed E-state index contributed by atoms with van der Waals surface area (Å²) >= 11 is 0. The molecule has 8 nitrogen and oxygen atoms in total. The summed E-state index contributed by atoms with van der Waals surface area (Å²) in [5.74, 6) is 1.55. The molecule has 1 aromatic rings. The highest BCUT2D eigenvalue weighted by Crippen LogP contribution is 2.11. The number of hydrogen-bond donors (Lipinski definition) is 2. The standard InChI is InChI=1S/C12H23N7O/c1-14-6-9-7-19(4-5-20-9)8-10-15-11(13)17-12(16-10)18(2)3/h9,14H,4-8H2,1-3H3,(H2,13,15,16,17). The van der Waals surface area contributed by atoms with Gasteiger partial charge in [-0.1, -0.05) is 0 Å². The van der Waals surface area contributed by atoms with Crippen molar-refractivity contribution in [2.75, 3.05) is 58.0 Å². The van der Waals surface area contributed by atoms with E-state index in [1.54, 1.807) is 0 Å². The van der Waals surface area contributed by atoms with E-state index < -0.39 is 0 Å². The lowest BCUT2D eigenvalue weighted by Gasteiger charge is -2.32. The second-order valence-corrected chi connectivity index (χ2v) is 5.09. The maximum Gasteiger partial charge on any atom is 0.229 e. The lowest BCUT2D eigenvalue weighted by molar-refractivity contribution is -0.0298. The number of nitrogens with zero attached hydrogens (tertiary/aromatic N) is 5. The van der Waals surface area contributed by atoms with Crippen LogP contribution >= 0.6 is 0 Å². The van der Waals surface area contributed by atoms with E-state index in [1.165, 1.54) is 0 Å². The van der Waals surface area contributed by atoms with Crippen molar-refractivity contribution < 1.29 is 4.74 Å². The summed E-state index contributed by atoms with van der Waals surface area (Å²) in [7, 11) is 5.70. The summed E-state index contributed by atoms with van der Waals surface area (Å²) in [5, 5.41) is 3.14. The van der Waals surface area contributed by atoms with Crippen LogP contribution in [0.25, 0.3) is 0 Å². The molecule has 112 valence electrons. The van der Waals surface area contributed by atoms with Gasteiger partial charge >= 0.3 is 0 Å². The molecule has 0 bridgehead atoms. The Morgan fingerprint density at radius 1 is 1.40 bits per heavy atom. The minimum Gasteiger partial charge on any atom is -0.374 e. The third-order valence-electron chi connectivity index (χ3n) is 3.11. The fourth-order valence-electron chi connectivity index (χ4n) is 2.17. The van der Waals surface area contributed by atoms with Crippen molar-refractivity contribution in [3.8, 4) is 0 Å². The number of nitrogen functional groups attached to an aromatic ring is 1. The van der Waals surface area contributed by atoms with Crippen molar-refractivity contribution in [2.45, 2.75) is 12.6 Å². The second kappa shape index (κ2) is 6.78. The van der Waals surface area contributed by atoms with Gasteiger partial charge in [0.25, 0.3) is 0 Å². The molecule has 2 rings (SSSR count). The molecule has 1 saturated heterocycles. The average Bonchev–Trinajstić information content (AvgIpc) is 2.38. The molecule has 1 unspecified atom stereocenters. The summed E-state index contributed by atoms with van der Waals surface area (Å²) in [6.07, 6.45) is 0.209. The molecule has 0 aliphatic carbocycles. The number of rotatable bonds is 5. The number of ether oxygens (including phenoxy) is 1. The Labute approximate surface area is 119 Å². The Kier molecular flexibility index (Phi) is 5.05. The highest BCUT2D eigenvalue weighted by Gasteiger charge is 2.21. The fourth-order valence-corrected chi connectivity index (χ4v) is 2.17. The number of hydrogen-bond acceptors (Lipinski definition) is 8. The van der Waals surface area contributed by atoms with E-state index in [-0.39, 0.29) is 12.1 Å². The number of nitrogens with one attached hydrogen (secondary N) is 1. The maximum absolute atomic E-state index is 5.74. The van der Waals surface area contributed by atoms with Crippen molar-refractivity contribution in [3.05, 3.63) is 5.82 Å². The predicted molar refractivity (Wildman–Crippen MR) is 77.5 cm³/mol. The van der Waals surface area contributed by atoms with E-state index >= 15 is 0 Å². The molecule has 1 fully saturated rings. The molecule has 0 spiro atoms. The van der Waals surface area contributed by atoms with Gasteiger partial charge in [-0.15, -0.1) is 0 Å². The first-order chi connectivity index (χ1) is 9.58. The number of aromatic nitrogens is 3. The molecule has 8 heteroatoms. The molecule has 1 aromatic heterocycles. The predicted octanol–water partition coefficient (Wildman–Crippen LogP) is -1.06. The number of likely N-dealkylation sites (N-methyl/N-ethyl adjacent to an activating group) is 1. The van der Waals surface area contributed by atoms with Crippen LogP contribution in [0.4, 0.5) is 11.9 Å². The molecule has 0 radical (unpaired) electrons. The second-order valence-electron chi connectivity index (χ2n) is 5.09. The molecule has 20 heavy (non-hydrogen) atoms. The Morgan fingerprint density at radius 3 is 2.90 bits per heavy atom. The molecule has 1 atom stereocenters. The van der Waals surface area contributed by atoms with Crippen LogP contribution in [0.15, 0.2) is 0 Å². The summed E-state index contributed by atoms with van der Waals surface area (Å²) in [6.45, 7) is 3.98. The highest BCUT2D eigenvalue weighted by molar-refractivity contribution is 5.32. The van der Waals surface area contributed by atoms with Crippen LogP contribution in [0, 0.1) is 0 Å². The number of morpholine rings is 1. The van der Waals surface area contributed by atoms with Crippen molar-refractivity contribution in [1.29, 1.82) is 0 Å². The van der Waals surface area contributed by atoms with Gasteiger partial charge in [-0.25, -0.2) is 0 Å². The van der Waals surface area contributed by atoms with Gasteiger partial charge in [-0.2, -0.15) is 15.0 Å². The number of nitrogens with two attached hydrogens (primary N) is 1. The zero-order valence-corrected chi connectivity index (χ0v) is 12.3. The smallest absolute Gasteiger partial charge is 0.229 e. The lowest BCUT2D eigenvalue weighted by Crippen LogP contribution is -2.45. The van der Waals surface area contributed by atoms with Crippen molar-refractivity contribution in [2.24, 2.45) is 0 Å². The molecule has 2 heterocycles. The van der Waals surface area contributed by atoms with Gasteiger partial charge in [-0.05, 0) is 7.05 Å². The zero-order chi connectivity index (χ0) is 14.5. The Morgan fingerprint density at radius 2 is 2.20 bits per heavy atom. The van der Waals surface area contributed by atoms with Gasteiger partial charge in [0.05, 0.1) is 19.3 Å². The Hall–Kier alpha value is -1.51. The van der Waals surface area contributed by atoms with Crippen LogP contribution in [0.2, 0.25) is 0 Å². The van der Waals surface area contributed by atoms with Crippen molar-refractivity contribution in [1.82, 2.24) is 25.2 Å². The fraction of sp³-hybridized carbons (Fsp3) is 0.750. The minimum absolute atomic E-state index is 0.209. The van der Waals surface area contributed by atoms with Gasteiger partial charge in [0.1, 0.15) is 5.82 Å². The highest BCUT2D eigenvalue weighted by atomic mass is 16.5. The van der Waals surface area contributed by atoms with Gasteiger partial charge in [0, 0.05) is 33.7 Å². The lowest BCUT2D eigenvalue weighted by atomic mass is 10.2. The van der Waals surface area contributed by atoms with Crippen LogP contribution < -0.4 is 16.0 Å². The SMILES string of the molecule is CNCC1CN(Cc2nc(N)nc(N(C)C)n2)CCO1. The molecule has 3 N–H and O–H groups in total. The molecular formula is C12H23N7O. The van der Waals surface area contributed by atoms with Crippen molar-refractivity contribution in [3.63, 3.8) is 0 Å². The van der Waals surface area contributed by atoms with Gasteiger partial charge in [-0.3, -0.25) is 4.90 Å². The number of anilines is 2. The van der Waals surface area contributed by atoms with E-state index in [4.69, 9.17) is 10.5 Å². The van der Waals surface area contributed by atoms with E-state index in [0.29, 0.717) is 18.3 Å². The summed E-state index contributed by atoms with van der Waals surface area (Å²) in [4.78, 5) is 16.8. The van der Waals surface area contributed by atoms with Crippen molar-refractivity contribution >= 4 is 11.9 Å². The maximum atomic E-state index is 5.74. The van der Waals surface area contributed by atoms with Gasteiger partial charge in [0.2, 0.25) is 11.9 Å². The quantitative estimate of drug-likeness (QED) is 0.705. The first-order valence-electron chi connectivity index (χ1n) is 6.75. The van der Waals surface area contributed by atoms with Gasteiger partial charge < -0.3 is 20.7 Å². The third kappa shape index (κ3) is 3.99. The first-order valence-corrected chi connectivity index (χ1v) is 6.75. The van der Waals surface area contributed by atoms with E-state index in [0.717, 1.165) is 26.2 Å². The summed E-state index contributed by atoms with van der Waals surface area (Å²) in [5.41, 5.74) is 5.74. The monoisotopic (exact) mass is 281 g/mol. The zero-order valence-electron chi connectivity index (χ0n) is 12.3. The van der Waals surface area contributed by atoms with E-state index in [1.807, 2.05) is 26.0 Å². The van der Waals surface area contributed by atoms with Crippen LogP contribution in [0.3, 0.4) is 0 Å². The summed E-state index contributed by atoms with van der Waals surface area (Å²) < 4.78 is 5.68. The molecule has 0 saturated carbocycles. The largest absolute Gasteiger partial charge is 0.374 e. The normalized spacial score (nSPS) is 20.1. The Balaban J connectivity index is 2.02. The van der Waals surface area contributed by atoms with Crippen LogP contribution in [-0.4, -0.2) is 73.3 Å². The molecule has 0 amide bonds. The van der Waals surface area contributed by atoms with Crippen LogP contribution in [-0.2, 0) is 11.3 Å². The van der Waals surface area contributed by atoms with Crippen LogP contribution in [0.1, 0.15) is 5.82 Å². The topological polar surface area (TPSA) is 92.4 Å². The van der Waals surface area contributed by atoms with E-state index in [2.05, 4.69) is 25.2 Å². The van der Waals surface area contributed by atoms with Gasteiger partial charge in [0.15, 0.2) is 0 Å². The minimum atomic E-state index is 0.209. The average molecular weight is 281 g/mol. The molecule has 1 aliphatic rings. The molecule has 1 aliphatic heterocycles. The van der Waals surface area contributed by atoms with Crippen LogP contribution in [0.5, 0.6) is 0 Å². The molecular weight excluding hydrogens is 258 g/mol. The Bertz CT molecular complexity index is 438.